The molecule has 9 nitrogen and oxygen atoms in total. The van der Waals surface area contributed by atoms with Crippen molar-refractivity contribution in [2.75, 3.05) is 13.2 Å². The Labute approximate surface area is 160 Å². The molecule has 0 rings (SSSR count). The minimum atomic E-state index is -1.08. The molecule has 0 aromatic heterocycles. The lowest BCUT2D eigenvalue weighted by molar-refractivity contribution is -0.149. The number of carboxylic acid groups (broad SMARTS) is 1. The van der Waals surface area contributed by atoms with Gasteiger partial charge >= 0.3 is 17.9 Å². The van der Waals surface area contributed by atoms with Crippen molar-refractivity contribution in [1.29, 1.82) is 0 Å². The van der Waals surface area contributed by atoms with Crippen molar-refractivity contribution in [3.05, 3.63) is 0 Å². The Morgan fingerprint density at radius 2 is 1.48 bits per heavy atom. The third-order valence-electron chi connectivity index (χ3n) is 3.74. The molecule has 0 radical (unpaired) electrons. The number of hydrogen-bond donors (Lipinski definition) is 3. The summed E-state index contributed by atoms with van der Waals surface area (Å²) in [6.45, 7) is 4.40. The first-order valence-corrected chi connectivity index (χ1v) is 9.41. The number of amides is 1. The molecule has 2 atom stereocenters. The summed E-state index contributed by atoms with van der Waals surface area (Å²) >= 11 is 0. The molecule has 0 unspecified atom stereocenters. The number of esters is 2. The number of nitrogens with one attached hydrogen (secondary N) is 1. The number of ether oxygens (including phenoxy) is 2. The van der Waals surface area contributed by atoms with Gasteiger partial charge in [-0.15, -0.1) is 0 Å². The largest absolute Gasteiger partial charge is 0.481 e. The van der Waals surface area contributed by atoms with Crippen LogP contribution in [0.3, 0.4) is 0 Å². The number of carboxylic acids is 1. The first-order chi connectivity index (χ1) is 12.8. The maximum absolute atomic E-state index is 12.0. The van der Waals surface area contributed by atoms with Gasteiger partial charge in [-0.05, 0) is 25.7 Å². The van der Waals surface area contributed by atoms with Gasteiger partial charge in [0, 0.05) is 12.8 Å². The molecule has 156 valence electrons. The van der Waals surface area contributed by atoms with Crippen LogP contribution < -0.4 is 11.1 Å². The van der Waals surface area contributed by atoms with Gasteiger partial charge in [-0.2, -0.15) is 0 Å². The standard InChI is InChI=1S/C18H32N2O7/c1-3-5-11-26-17(24)13(19)7-9-15(21)20-14(8-10-16(22)23)18(25)27-12-6-4-2/h13-14H,3-12,19H2,1-2H3,(H,20,21)(H,22,23)/t13-,14+/m0/s1. The zero-order chi connectivity index (χ0) is 20.7. The number of aliphatic carboxylic acids is 1. The fourth-order valence-corrected chi connectivity index (χ4v) is 2.03. The summed E-state index contributed by atoms with van der Waals surface area (Å²) in [6, 6.07) is -1.97. The maximum Gasteiger partial charge on any atom is 0.328 e. The van der Waals surface area contributed by atoms with E-state index in [4.69, 9.17) is 20.3 Å². The summed E-state index contributed by atoms with van der Waals surface area (Å²) < 4.78 is 10.0. The molecule has 0 saturated heterocycles. The Hall–Kier alpha value is -2.16. The van der Waals surface area contributed by atoms with Crippen LogP contribution in [0.5, 0.6) is 0 Å². The van der Waals surface area contributed by atoms with Crippen molar-refractivity contribution >= 4 is 23.8 Å². The van der Waals surface area contributed by atoms with Crippen LogP contribution in [0.4, 0.5) is 0 Å². The van der Waals surface area contributed by atoms with E-state index in [0.717, 1.165) is 19.3 Å². The zero-order valence-corrected chi connectivity index (χ0v) is 16.2. The molecule has 0 aliphatic heterocycles. The third-order valence-corrected chi connectivity index (χ3v) is 3.74. The Kier molecular flexibility index (Phi) is 13.8. The van der Waals surface area contributed by atoms with Crippen molar-refractivity contribution in [1.82, 2.24) is 5.32 Å². The van der Waals surface area contributed by atoms with Crippen LogP contribution in [-0.2, 0) is 28.7 Å². The van der Waals surface area contributed by atoms with E-state index in [-0.39, 0.29) is 38.9 Å². The molecule has 9 heteroatoms. The van der Waals surface area contributed by atoms with Gasteiger partial charge in [0.15, 0.2) is 0 Å². The Morgan fingerprint density at radius 3 is 2.00 bits per heavy atom. The second kappa shape index (κ2) is 15.0. The monoisotopic (exact) mass is 388 g/mol. The Morgan fingerprint density at radius 1 is 0.926 bits per heavy atom. The minimum Gasteiger partial charge on any atom is -0.481 e. The molecule has 0 heterocycles. The van der Waals surface area contributed by atoms with Gasteiger partial charge in [0.1, 0.15) is 12.1 Å². The highest BCUT2D eigenvalue weighted by Gasteiger charge is 2.24. The number of nitrogens with two attached hydrogens (primary N) is 1. The van der Waals surface area contributed by atoms with E-state index in [0.29, 0.717) is 6.42 Å². The highest BCUT2D eigenvalue weighted by atomic mass is 16.5. The molecular formula is C18H32N2O7. The van der Waals surface area contributed by atoms with Crippen molar-refractivity contribution < 1.29 is 33.8 Å². The van der Waals surface area contributed by atoms with E-state index < -0.39 is 35.9 Å². The topological polar surface area (TPSA) is 145 Å². The molecule has 0 bridgehead atoms. The van der Waals surface area contributed by atoms with Crippen molar-refractivity contribution in [2.45, 2.75) is 77.3 Å². The zero-order valence-electron chi connectivity index (χ0n) is 16.2. The summed E-state index contributed by atoms with van der Waals surface area (Å²) in [7, 11) is 0. The first kappa shape index (κ1) is 24.8. The Bertz CT molecular complexity index is 482. The average molecular weight is 388 g/mol. The van der Waals surface area contributed by atoms with Crippen LogP contribution in [0.15, 0.2) is 0 Å². The molecule has 0 aliphatic carbocycles. The smallest absolute Gasteiger partial charge is 0.328 e. The molecule has 1 amide bonds. The highest BCUT2D eigenvalue weighted by Crippen LogP contribution is 2.05. The molecule has 0 fully saturated rings. The lowest BCUT2D eigenvalue weighted by Crippen LogP contribution is -2.43. The molecule has 0 aromatic rings. The normalized spacial score (nSPS) is 12.7. The van der Waals surface area contributed by atoms with Gasteiger partial charge in [0.05, 0.1) is 13.2 Å². The quantitative estimate of drug-likeness (QED) is 0.280. The fourth-order valence-electron chi connectivity index (χ4n) is 2.03. The average Bonchev–Trinajstić information content (AvgIpc) is 2.63. The van der Waals surface area contributed by atoms with Gasteiger partial charge in [-0.3, -0.25) is 14.4 Å². The molecular weight excluding hydrogens is 356 g/mol. The third kappa shape index (κ3) is 12.8. The van der Waals surface area contributed by atoms with Crippen LogP contribution in [-0.4, -0.2) is 54.2 Å². The Balaban J connectivity index is 4.45. The van der Waals surface area contributed by atoms with Gasteiger partial charge in [-0.1, -0.05) is 26.7 Å². The van der Waals surface area contributed by atoms with E-state index >= 15 is 0 Å². The van der Waals surface area contributed by atoms with E-state index in [9.17, 15) is 19.2 Å². The van der Waals surface area contributed by atoms with Gasteiger partial charge in [0.2, 0.25) is 5.91 Å². The summed E-state index contributed by atoms with van der Waals surface area (Å²) in [5.74, 6) is -2.82. The van der Waals surface area contributed by atoms with Crippen LogP contribution >= 0.6 is 0 Å². The van der Waals surface area contributed by atoms with E-state index in [1.807, 2.05) is 13.8 Å². The van der Waals surface area contributed by atoms with Crippen molar-refractivity contribution in [3.8, 4) is 0 Å². The minimum absolute atomic E-state index is 0.0628. The molecule has 0 aromatic carbocycles. The molecule has 0 aliphatic rings. The van der Waals surface area contributed by atoms with Gasteiger partial charge < -0.3 is 25.6 Å². The molecule has 27 heavy (non-hydrogen) atoms. The van der Waals surface area contributed by atoms with Crippen LogP contribution in [0.25, 0.3) is 0 Å². The van der Waals surface area contributed by atoms with E-state index in [2.05, 4.69) is 5.32 Å². The predicted octanol–water partition coefficient (Wildman–Crippen LogP) is 1.13. The van der Waals surface area contributed by atoms with Crippen molar-refractivity contribution in [2.24, 2.45) is 5.73 Å². The second-order valence-electron chi connectivity index (χ2n) is 6.24. The van der Waals surface area contributed by atoms with Crippen LogP contribution in [0, 0.1) is 0 Å². The summed E-state index contributed by atoms with van der Waals surface area (Å²) in [5, 5.41) is 11.2. The summed E-state index contributed by atoms with van der Waals surface area (Å²) in [6.07, 6.45) is 2.77. The second-order valence-corrected chi connectivity index (χ2v) is 6.24. The number of rotatable bonds is 15. The number of carbonyl (C=O) groups excluding carboxylic acids is 3. The summed E-state index contributed by atoms with van der Waals surface area (Å²) in [5.41, 5.74) is 5.69. The highest BCUT2D eigenvalue weighted by molar-refractivity contribution is 5.85. The number of unbranched alkanes of at least 4 members (excludes halogenated alkanes) is 2. The van der Waals surface area contributed by atoms with Crippen LogP contribution in [0.1, 0.15) is 65.2 Å². The van der Waals surface area contributed by atoms with Crippen LogP contribution in [0.2, 0.25) is 0 Å². The number of carbonyl (C=O) groups is 4. The number of hydrogen-bond acceptors (Lipinski definition) is 7. The SMILES string of the molecule is CCCCOC(=O)[C@@H](N)CCC(=O)N[C@H](CCC(=O)O)C(=O)OCCCC. The first-order valence-electron chi connectivity index (χ1n) is 9.41. The van der Waals surface area contributed by atoms with E-state index in [1.54, 1.807) is 0 Å². The predicted molar refractivity (Wildman–Crippen MR) is 97.7 cm³/mol. The van der Waals surface area contributed by atoms with Gasteiger partial charge in [0.25, 0.3) is 0 Å². The maximum atomic E-state index is 12.0. The molecule has 0 spiro atoms. The lowest BCUT2D eigenvalue weighted by Gasteiger charge is -2.17. The molecule has 0 saturated carbocycles. The van der Waals surface area contributed by atoms with Gasteiger partial charge in [-0.25, -0.2) is 4.79 Å². The molecule has 4 N–H and O–H groups in total. The fraction of sp³-hybridized carbons (Fsp3) is 0.778. The van der Waals surface area contributed by atoms with E-state index in [1.165, 1.54) is 0 Å². The van der Waals surface area contributed by atoms with Crippen molar-refractivity contribution in [3.63, 3.8) is 0 Å². The lowest BCUT2D eigenvalue weighted by atomic mass is 10.1. The summed E-state index contributed by atoms with van der Waals surface area (Å²) in [4.78, 5) is 46.5.